The molecule has 1 aromatic heterocycles. The molecule has 0 spiro atoms. The van der Waals surface area contributed by atoms with Crippen LogP contribution >= 0.6 is 0 Å². The Morgan fingerprint density at radius 3 is 2.81 bits per heavy atom. The summed E-state index contributed by atoms with van der Waals surface area (Å²) in [7, 11) is 0. The van der Waals surface area contributed by atoms with Crippen LogP contribution in [0.3, 0.4) is 0 Å². The van der Waals surface area contributed by atoms with Crippen LogP contribution in [0.2, 0.25) is 0 Å². The van der Waals surface area contributed by atoms with Crippen LogP contribution in [0.1, 0.15) is 42.2 Å². The predicted octanol–water partition coefficient (Wildman–Crippen LogP) is 1.18. The number of carbonyl (C=O) groups excluding carboxylic acids is 1. The van der Waals surface area contributed by atoms with Gasteiger partial charge in [-0.1, -0.05) is 13.0 Å². The van der Waals surface area contributed by atoms with Crippen LogP contribution in [-0.4, -0.2) is 35.1 Å². The highest BCUT2D eigenvalue weighted by molar-refractivity contribution is 5.85. The van der Waals surface area contributed by atoms with Gasteiger partial charge in [-0.2, -0.15) is 0 Å². The molecule has 21 heavy (non-hydrogen) atoms. The second-order valence-electron chi connectivity index (χ2n) is 5.45. The second kappa shape index (κ2) is 6.67. The topological polar surface area (TPSA) is 91.3 Å². The molecule has 1 aromatic rings. The Morgan fingerprint density at radius 2 is 2.29 bits per heavy atom. The van der Waals surface area contributed by atoms with Gasteiger partial charge >= 0.3 is 5.97 Å². The van der Waals surface area contributed by atoms with E-state index in [1.54, 1.807) is 6.07 Å². The maximum absolute atomic E-state index is 12.4. The van der Waals surface area contributed by atoms with Crippen molar-refractivity contribution >= 4 is 11.9 Å². The zero-order valence-electron chi connectivity index (χ0n) is 12.2. The number of carboxylic acids is 1. The summed E-state index contributed by atoms with van der Waals surface area (Å²) in [6.45, 7) is 4.09. The van der Waals surface area contributed by atoms with Gasteiger partial charge in [0.15, 0.2) is 0 Å². The molecule has 1 atom stereocenters. The van der Waals surface area contributed by atoms with Gasteiger partial charge in [-0.05, 0) is 37.4 Å². The molecule has 1 unspecified atom stereocenters. The third-order valence-corrected chi connectivity index (χ3v) is 4.13. The number of hydrogen-bond acceptors (Lipinski definition) is 4. The fourth-order valence-electron chi connectivity index (χ4n) is 2.65. The largest absolute Gasteiger partial charge is 0.477 e. The zero-order valence-corrected chi connectivity index (χ0v) is 12.2. The lowest BCUT2D eigenvalue weighted by Crippen LogP contribution is -2.50. The van der Waals surface area contributed by atoms with Crippen molar-refractivity contribution in [1.29, 1.82) is 0 Å². The summed E-state index contributed by atoms with van der Waals surface area (Å²) < 4.78 is 0. The first-order valence-corrected chi connectivity index (χ1v) is 7.25. The van der Waals surface area contributed by atoms with Gasteiger partial charge in [0.25, 0.3) is 0 Å². The first-order chi connectivity index (χ1) is 10.1. The van der Waals surface area contributed by atoms with E-state index in [0.717, 1.165) is 31.4 Å². The van der Waals surface area contributed by atoms with Crippen LogP contribution in [0.25, 0.3) is 0 Å². The summed E-state index contributed by atoms with van der Waals surface area (Å²) in [6.07, 6.45) is 4.21. The lowest BCUT2D eigenvalue weighted by molar-refractivity contribution is -0.132. The Hall–Kier alpha value is -1.95. The molecule has 6 heteroatoms. The van der Waals surface area contributed by atoms with E-state index in [1.165, 1.54) is 12.3 Å². The molecule has 2 heterocycles. The Morgan fingerprint density at radius 1 is 1.48 bits per heavy atom. The Labute approximate surface area is 124 Å². The first-order valence-electron chi connectivity index (χ1n) is 7.25. The fraction of sp³-hybridized carbons (Fsp3) is 0.533. The number of hydrogen-bond donors (Lipinski definition) is 3. The van der Waals surface area contributed by atoms with Gasteiger partial charge in [0.05, 0.1) is 5.41 Å². The minimum atomic E-state index is -1.05. The average molecular weight is 291 g/mol. The molecule has 1 saturated heterocycles. The van der Waals surface area contributed by atoms with Crippen LogP contribution < -0.4 is 10.6 Å². The average Bonchev–Trinajstić information content (AvgIpc) is 2.53. The second-order valence-corrected chi connectivity index (χ2v) is 5.45. The summed E-state index contributed by atoms with van der Waals surface area (Å²) in [6, 6.07) is 3.12. The molecule has 1 aliphatic heterocycles. The zero-order chi connectivity index (χ0) is 15.3. The standard InChI is InChI=1S/C15H21N3O3/c1-2-15(6-3-7-16-10-15)14(21)18-9-11-4-5-12(13(19)20)17-8-11/h4-5,8,16H,2-3,6-7,9-10H2,1H3,(H,18,21)(H,19,20). The number of piperidine rings is 1. The number of nitrogens with one attached hydrogen (secondary N) is 2. The van der Waals surface area contributed by atoms with Gasteiger partial charge in [0.2, 0.25) is 5.91 Å². The molecule has 0 aliphatic carbocycles. The lowest BCUT2D eigenvalue weighted by Gasteiger charge is -2.35. The molecule has 6 nitrogen and oxygen atoms in total. The van der Waals surface area contributed by atoms with E-state index in [-0.39, 0.29) is 17.0 Å². The van der Waals surface area contributed by atoms with Crippen LogP contribution in [0.15, 0.2) is 18.3 Å². The van der Waals surface area contributed by atoms with Crippen LogP contribution in [0.5, 0.6) is 0 Å². The molecule has 0 radical (unpaired) electrons. The molecule has 1 amide bonds. The number of rotatable bonds is 5. The van der Waals surface area contributed by atoms with Crippen LogP contribution in [-0.2, 0) is 11.3 Å². The minimum Gasteiger partial charge on any atom is -0.477 e. The summed E-state index contributed by atoms with van der Waals surface area (Å²) in [5, 5.41) is 15.0. The maximum Gasteiger partial charge on any atom is 0.354 e. The van der Waals surface area contributed by atoms with Crippen molar-refractivity contribution in [3.63, 3.8) is 0 Å². The van der Waals surface area contributed by atoms with E-state index < -0.39 is 5.97 Å². The van der Waals surface area contributed by atoms with E-state index in [2.05, 4.69) is 15.6 Å². The minimum absolute atomic E-state index is 0.00610. The smallest absolute Gasteiger partial charge is 0.354 e. The van der Waals surface area contributed by atoms with Crippen molar-refractivity contribution in [1.82, 2.24) is 15.6 Å². The molecule has 0 aromatic carbocycles. The molecule has 114 valence electrons. The van der Waals surface area contributed by atoms with E-state index >= 15 is 0 Å². The van der Waals surface area contributed by atoms with Crippen LogP contribution in [0, 0.1) is 5.41 Å². The highest BCUT2D eigenvalue weighted by atomic mass is 16.4. The SMILES string of the molecule is CCC1(C(=O)NCc2ccc(C(=O)O)nc2)CCCNC1. The van der Waals surface area contributed by atoms with Gasteiger partial charge < -0.3 is 15.7 Å². The molecule has 0 saturated carbocycles. The van der Waals surface area contributed by atoms with Gasteiger partial charge in [0.1, 0.15) is 5.69 Å². The number of pyridine rings is 1. The monoisotopic (exact) mass is 291 g/mol. The Bertz CT molecular complexity index is 507. The maximum atomic E-state index is 12.4. The molecular formula is C15H21N3O3. The third kappa shape index (κ3) is 3.58. The van der Waals surface area contributed by atoms with Gasteiger partial charge in [-0.3, -0.25) is 4.79 Å². The van der Waals surface area contributed by atoms with Crippen molar-refractivity contribution in [2.45, 2.75) is 32.7 Å². The van der Waals surface area contributed by atoms with Crippen molar-refractivity contribution in [2.75, 3.05) is 13.1 Å². The number of carboxylic acid groups (broad SMARTS) is 1. The molecule has 3 N–H and O–H groups in total. The first kappa shape index (κ1) is 15.4. The van der Waals surface area contributed by atoms with Gasteiger partial charge in [0, 0.05) is 19.3 Å². The predicted molar refractivity (Wildman–Crippen MR) is 77.9 cm³/mol. The normalized spacial score (nSPS) is 21.8. The number of aromatic carboxylic acids is 1. The van der Waals surface area contributed by atoms with E-state index in [1.807, 2.05) is 6.92 Å². The van der Waals surface area contributed by atoms with Crippen LogP contribution in [0.4, 0.5) is 0 Å². The fourth-order valence-corrected chi connectivity index (χ4v) is 2.65. The van der Waals surface area contributed by atoms with E-state index in [9.17, 15) is 9.59 Å². The molecule has 1 aliphatic rings. The number of nitrogens with zero attached hydrogens (tertiary/aromatic N) is 1. The molecule has 2 rings (SSSR count). The Balaban J connectivity index is 1.95. The summed E-state index contributed by atoms with van der Waals surface area (Å²) >= 11 is 0. The Kier molecular flexibility index (Phi) is 4.90. The molecular weight excluding hydrogens is 270 g/mol. The molecule has 1 fully saturated rings. The van der Waals surface area contributed by atoms with Crippen molar-refractivity contribution in [3.8, 4) is 0 Å². The summed E-state index contributed by atoms with van der Waals surface area (Å²) in [5.74, 6) is -0.997. The van der Waals surface area contributed by atoms with E-state index in [4.69, 9.17) is 5.11 Å². The number of amides is 1. The van der Waals surface area contributed by atoms with Gasteiger partial charge in [-0.15, -0.1) is 0 Å². The number of aromatic nitrogens is 1. The third-order valence-electron chi connectivity index (χ3n) is 4.13. The quantitative estimate of drug-likeness (QED) is 0.757. The highest BCUT2D eigenvalue weighted by Gasteiger charge is 2.37. The molecule has 0 bridgehead atoms. The summed E-state index contributed by atoms with van der Waals surface area (Å²) in [5.41, 5.74) is 0.474. The highest BCUT2D eigenvalue weighted by Crippen LogP contribution is 2.30. The number of carbonyl (C=O) groups is 2. The lowest BCUT2D eigenvalue weighted by atomic mass is 9.77. The van der Waals surface area contributed by atoms with Crippen molar-refractivity contribution in [3.05, 3.63) is 29.6 Å². The van der Waals surface area contributed by atoms with Crippen molar-refractivity contribution in [2.24, 2.45) is 5.41 Å². The van der Waals surface area contributed by atoms with Gasteiger partial charge in [-0.25, -0.2) is 9.78 Å². The van der Waals surface area contributed by atoms with Crippen molar-refractivity contribution < 1.29 is 14.7 Å². The van der Waals surface area contributed by atoms with E-state index in [0.29, 0.717) is 13.1 Å². The summed E-state index contributed by atoms with van der Waals surface area (Å²) in [4.78, 5) is 27.0.